The molecule has 0 fully saturated rings. The number of aromatic nitrogens is 2. The van der Waals surface area contributed by atoms with E-state index in [-0.39, 0.29) is 12.5 Å². The molecule has 0 bridgehead atoms. The van der Waals surface area contributed by atoms with Crippen molar-refractivity contribution in [1.82, 2.24) is 10.1 Å². The molecule has 132 valence electrons. The van der Waals surface area contributed by atoms with Gasteiger partial charge in [0.1, 0.15) is 5.75 Å². The number of hydrogen-bond donors (Lipinski definition) is 0. The molecular formula is C20H18N2O4. The number of hydrogen-bond acceptors (Lipinski definition) is 6. The van der Waals surface area contributed by atoms with Crippen LogP contribution in [0.4, 0.5) is 0 Å². The van der Waals surface area contributed by atoms with Crippen molar-refractivity contribution in [2.75, 3.05) is 7.11 Å². The molecule has 1 aromatic heterocycles. The first kappa shape index (κ1) is 17.4. The number of ether oxygens (including phenoxy) is 2. The topological polar surface area (TPSA) is 74.5 Å². The Morgan fingerprint density at radius 1 is 1.15 bits per heavy atom. The van der Waals surface area contributed by atoms with Crippen LogP contribution in [0.1, 0.15) is 17.0 Å². The number of benzene rings is 2. The molecule has 0 aliphatic heterocycles. The SMILES string of the molecule is COc1ccc(/C=C/C(=O)OCc2nc(-c3ccccc3C)no2)cc1. The fraction of sp³-hybridized carbons (Fsp3) is 0.150. The monoisotopic (exact) mass is 350 g/mol. The van der Waals surface area contributed by atoms with Gasteiger partial charge >= 0.3 is 5.97 Å². The van der Waals surface area contributed by atoms with E-state index in [0.717, 1.165) is 22.4 Å². The van der Waals surface area contributed by atoms with Gasteiger partial charge in [-0.3, -0.25) is 0 Å². The van der Waals surface area contributed by atoms with Gasteiger partial charge in [0, 0.05) is 11.6 Å². The lowest BCUT2D eigenvalue weighted by Gasteiger charge is -1.99. The molecule has 6 nitrogen and oxygen atoms in total. The standard InChI is InChI=1S/C20H18N2O4/c1-14-5-3-4-6-17(14)20-21-18(26-22-20)13-25-19(23)12-9-15-7-10-16(24-2)11-8-15/h3-12H,13H2,1-2H3/b12-9+. The molecule has 0 spiro atoms. The lowest BCUT2D eigenvalue weighted by Crippen LogP contribution is -2.01. The van der Waals surface area contributed by atoms with Gasteiger partial charge in [0.15, 0.2) is 6.61 Å². The first-order valence-corrected chi connectivity index (χ1v) is 8.03. The molecule has 0 N–H and O–H groups in total. The maximum Gasteiger partial charge on any atom is 0.331 e. The van der Waals surface area contributed by atoms with Gasteiger partial charge in [0.2, 0.25) is 5.82 Å². The van der Waals surface area contributed by atoms with E-state index < -0.39 is 5.97 Å². The number of carbonyl (C=O) groups is 1. The largest absolute Gasteiger partial charge is 0.497 e. The van der Waals surface area contributed by atoms with Crippen molar-refractivity contribution in [2.24, 2.45) is 0 Å². The first-order valence-electron chi connectivity index (χ1n) is 8.03. The Morgan fingerprint density at radius 3 is 2.65 bits per heavy atom. The third-order valence-corrected chi connectivity index (χ3v) is 3.72. The van der Waals surface area contributed by atoms with Crippen LogP contribution in [0, 0.1) is 6.92 Å². The molecule has 0 radical (unpaired) electrons. The summed E-state index contributed by atoms with van der Waals surface area (Å²) < 4.78 is 15.3. The highest BCUT2D eigenvalue weighted by atomic mass is 16.6. The van der Waals surface area contributed by atoms with Gasteiger partial charge in [0.05, 0.1) is 7.11 Å². The van der Waals surface area contributed by atoms with Gasteiger partial charge in [-0.15, -0.1) is 0 Å². The van der Waals surface area contributed by atoms with E-state index >= 15 is 0 Å². The maximum absolute atomic E-state index is 11.8. The van der Waals surface area contributed by atoms with Crippen LogP contribution in [0.3, 0.4) is 0 Å². The summed E-state index contributed by atoms with van der Waals surface area (Å²) in [5.74, 6) is 0.986. The van der Waals surface area contributed by atoms with Crippen LogP contribution < -0.4 is 4.74 Å². The van der Waals surface area contributed by atoms with Crippen molar-refractivity contribution in [3.05, 3.63) is 71.6 Å². The number of esters is 1. The molecule has 0 atom stereocenters. The van der Waals surface area contributed by atoms with Crippen molar-refractivity contribution in [3.63, 3.8) is 0 Å². The summed E-state index contributed by atoms with van der Waals surface area (Å²) in [7, 11) is 1.60. The summed E-state index contributed by atoms with van der Waals surface area (Å²) >= 11 is 0. The van der Waals surface area contributed by atoms with Crippen LogP contribution in [0.5, 0.6) is 5.75 Å². The van der Waals surface area contributed by atoms with E-state index in [0.29, 0.717) is 5.82 Å². The molecule has 3 aromatic rings. The molecule has 0 amide bonds. The molecule has 26 heavy (non-hydrogen) atoms. The Balaban J connectivity index is 1.56. The van der Waals surface area contributed by atoms with Gasteiger partial charge in [-0.05, 0) is 36.3 Å². The predicted octanol–water partition coefficient (Wildman–Crippen LogP) is 3.81. The Morgan fingerprint density at radius 2 is 1.92 bits per heavy atom. The molecule has 1 heterocycles. The minimum absolute atomic E-state index is 0.0787. The molecule has 0 aliphatic rings. The van der Waals surface area contributed by atoms with Crippen molar-refractivity contribution < 1.29 is 18.8 Å². The summed E-state index contributed by atoms with van der Waals surface area (Å²) in [5, 5.41) is 3.93. The number of rotatable bonds is 6. The fourth-order valence-electron chi connectivity index (χ4n) is 2.31. The van der Waals surface area contributed by atoms with Gasteiger partial charge in [-0.2, -0.15) is 4.98 Å². The second kappa shape index (κ2) is 8.11. The van der Waals surface area contributed by atoms with E-state index in [4.69, 9.17) is 14.0 Å². The molecule has 0 aliphatic carbocycles. The molecule has 2 aromatic carbocycles. The number of methoxy groups -OCH3 is 1. The van der Waals surface area contributed by atoms with Crippen LogP contribution >= 0.6 is 0 Å². The average Bonchev–Trinajstić information content (AvgIpc) is 3.14. The van der Waals surface area contributed by atoms with Crippen LogP contribution in [0.15, 0.2) is 59.1 Å². The molecule has 0 saturated carbocycles. The van der Waals surface area contributed by atoms with Crippen LogP contribution in [0.25, 0.3) is 17.5 Å². The van der Waals surface area contributed by atoms with E-state index in [1.54, 1.807) is 13.2 Å². The average molecular weight is 350 g/mol. The highest BCUT2D eigenvalue weighted by molar-refractivity contribution is 5.87. The van der Waals surface area contributed by atoms with Crippen molar-refractivity contribution in [3.8, 4) is 17.1 Å². The maximum atomic E-state index is 11.8. The van der Waals surface area contributed by atoms with Crippen LogP contribution in [-0.2, 0) is 16.1 Å². The molecule has 0 saturated heterocycles. The van der Waals surface area contributed by atoms with Gasteiger partial charge in [0.25, 0.3) is 5.89 Å². The van der Waals surface area contributed by atoms with Crippen molar-refractivity contribution >= 4 is 12.0 Å². The van der Waals surface area contributed by atoms with Gasteiger partial charge < -0.3 is 14.0 Å². The fourth-order valence-corrected chi connectivity index (χ4v) is 2.31. The van der Waals surface area contributed by atoms with Crippen LogP contribution in [0.2, 0.25) is 0 Å². The van der Waals surface area contributed by atoms with E-state index in [1.165, 1.54) is 6.08 Å². The second-order valence-corrected chi connectivity index (χ2v) is 5.54. The summed E-state index contributed by atoms with van der Waals surface area (Å²) in [5.41, 5.74) is 2.79. The first-order chi connectivity index (χ1) is 12.7. The summed E-state index contributed by atoms with van der Waals surface area (Å²) in [4.78, 5) is 16.1. The predicted molar refractivity (Wildman–Crippen MR) is 96.3 cm³/mol. The Labute approximate surface area is 151 Å². The quantitative estimate of drug-likeness (QED) is 0.497. The zero-order chi connectivity index (χ0) is 18.4. The summed E-state index contributed by atoms with van der Waals surface area (Å²) in [6.07, 6.45) is 3.01. The molecular weight excluding hydrogens is 332 g/mol. The summed E-state index contributed by atoms with van der Waals surface area (Å²) in [6.45, 7) is 1.89. The molecule has 0 unspecified atom stereocenters. The molecule has 3 rings (SSSR count). The number of carbonyl (C=O) groups excluding carboxylic acids is 1. The number of nitrogens with zero attached hydrogens (tertiary/aromatic N) is 2. The van der Waals surface area contributed by atoms with E-state index in [2.05, 4.69) is 10.1 Å². The zero-order valence-electron chi connectivity index (χ0n) is 14.5. The lowest BCUT2D eigenvalue weighted by atomic mass is 10.1. The highest BCUT2D eigenvalue weighted by Crippen LogP contribution is 2.20. The summed E-state index contributed by atoms with van der Waals surface area (Å²) in [6, 6.07) is 15.0. The minimum Gasteiger partial charge on any atom is -0.497 e. The normalized spacial score (nSPS) is 10.8. The second-order valence-electron chi connectivity index (χ2n) is 5.54. The van der Waals surface area contributed by atoms with Gasteiger partial charge in [-0.25, -0.2) is 4.79 Å². The Bertz CT molecular complexity index is 914. The third-order valence-electron chi connectivity index (χ3n) is 3.72. The smallest absolute Gasteiger partial charge is 0.331 e. The van der Waals surface area contributed by atoms with E-state index in [9.17, 15) is 4.79 Å². The highest BCUT2D eigenvalue weighted by Gasteiger charge is 2.11. The van der Waals surface area contributed by atoms with Gasteiger partial charge in [-0.1, -0.05) is 41.6 Å². The third kappa shape index (κ3) is 4.36. The van der Waals surface area contributed by atoms with Crippen molar-refractivity contribution in [1.29, 1.82) is 0 Å². The minimum atomic E-state index is -0.489. The van der Waals surface area contributed by atoms with E-state index in [1.807, 2.05) is 55.5 Å². The Kier molecular flexibility index (Phi) is 5.43. The number of aryl methyl sites for hydroxylation is 1. The zero-order valence-corrected chi connectivity index (χ0v) is 14.5. The Hall–Kier alpha value is -3.41. The molecule has 6 heteroatoms. The van der Waals surface area contributed by atoms with Crippen molar-refractivity contribution in [2.45, 2.75) is 13.5 Å². The lowest BCUT2D eigenvalue weighted by molar-refractivity contribution is -0.139. The van der Waals surface area contributed by atoms with Crippen LogP contribution in [-0.4, -0.2) is 23.2 Å².